The molecule has 0 bridgehead atoms. The van der Waals surface area contributed by atoms with E-state index in [1.54, 1.807) is 0 Å². The van der Waals surface area contributed by atoms with Crippen LogP contribution in [0.2, 0.25) is 5.02 Å². The van der Waals surface area contributed by atoms with Crippen LogP contribution in [-0.2, 0) is 0 Å². The van der Waals surface area contributed by atoms with Crippen LogP contribution in [0, 0.1) is 6.92 Å². The summed E-state index contributed by atoms with van der Waals surface area (Å²) < 4.78 is 1.84. The standard InChI is InChI=1S/C19H14ClN3/c1-13-16(20)6-4-8-19(13)23-12-15(11-21-23)18-10-9-14-5-2-3-7-17(14)22-18/h2-12H,1H3. The van der Waals surface area contributed by atoms with Gasteiger partial charge in [0.2, 0.25) is 0 Å². The minimum Gasteiger partial charge on any atom is -0.248 e. The van der Waals surface area contributed by atoms with Crippen molar-refractivity contribution in [3.8, 4) is 16.9 Å². The van der Waals surface area contributed by atoms with Crippen molar-refractivity contribution >= 4 is 22.5 Å². The van der Waals surface area contributed by atoms with Gasteiger partial charge in [0.1, 0.15) is 0 Å². The van der Waals surface area contributed by atoms with E-state index in [2.05, 4.69) is 17.2 Å². The molecule has 0 amide bonds. The van der Waals surface area contributed by atoms with E-state index in [9.17, 15) is 0 Å². The molecule has 4 heteroatoms. The molecule has 0 spiro atoms. The summed E-state index contributed by atoms with van der Waals surface area (Å²) in [5.74, 6) is 0. The molecule has 3 nitrogen and oxygen atoms in total. The first-order valence-electron chi connectivity index (χ1n) is 7.39. The van der Waals surface area contributed by atoms with Crippen LogP contribution >= 0.6 is 11.6 Å². The fraction of sp³-hybridized carbons (Fsp3) is 0.0526. The molecule has 0 radical (unpaired) electrons. The lowest BCUT2D eigenvalue weighted by molar-refractivity contribution is 0.873. The third-order valence-electron chi connectivity index (χ3n) is 3.96. The van der Waals surface area contributed by atoms with Crippen molar-refractivity contribution in [2.75, 3.05) is 0 Å². The minimum atomic E-state index is 0.739. The van der Waals surface area contributed by atoms with Crippen LogP contribution in [0.25, 0.3) is 27.8 Å². The van der Waals surface area contributed by atoms with E-state index in [0.717, 1.165) is 38.4 Å². The topological polar surface area (TPSA) is 30.7 Å². The van der Waals surface area contributed by atoms with Gasteiger partial charge < -0.3 is 0 Å². The van der Waals surface area contributed by atoms with Gasteiger partial charge in [0, 0.05) is 22.2 Å². The maximum absolute atomic E-state index is 6.20. The first-order valence-corrected chi connectivity index (χ1v) is 7.76. The van der Waals surface area contributed by atoms with E-state index in [0.29, 0.717) is 0 Å². The number of benzene rings is 2. The van der Waals surface area contributed by atoms with E-state index in [1.165, 1.54) is 0 Å². The van der Waals surface area contributed by atoms with E-state index >= 15 is 0 Å². The highest BCUT2D eigenvalue weighted by Crippen LogP contribution is 2.25. The van der Waals surface area contributed by atoms with E-state index in [1.807, 2.05) is 66.5 Å². The summed E-state index contributed by atoms with van der Waals surface area (Å²) in [6.07, 6.45) is 3.81. The van der Waals surface area contributed by atoms with Gasteiger partial charge in [-0.3, -0.25) is 0 Å². The maximum Gasteiger partial charge on any atom is 0.0741 e. The number of hydrogen-bond donors (Lipinski definition) is 0. The van der Waals surface area contributed by atoms with Crippen LogP contribution in [0.3, 0.4) is 0 Å². The van der Waals surface area contributed by atoms with Gasteiger partial charge in [-0.25, -0.2) is 9.67 Å². The molecule has 0 aliphatic rings. The molecule has 4 rings (SSSR count). The average molecular weight is 320 g/mol. The van der Waals surface area contributed by atoms with Crippen molar-refractivity contribution in [3.05, 3.63) is 77.6 Å². The summed E-state index contributed by atoms with van der Waals surface area (Å²) in [4.78, 5) is 4.71. The Morgan fingerprint density at radius 3 is 2.74 bits per heavy atom. The molecule has 112 valence electrons. The van der Waals surface area contributed by atoms with Crippen molar-refractivity contribution in [3.63, 3.8) is 0 Å². The summed E-state index contributed by atoms with van der Waals surface area (Å²) in [6.45, 7) is 1.99. The lowest BCUT2D eigenvalue weighted by Crippen LogP contribution is -1.97. The van der Waals surface area contributed by atoms with Crippen LogP contribution in [0.1, 0.15) is 5.56 Å². The minimum absolute atomic E-state index is 0.739. The number of hydrogen-bond acceptors (Lipinski definition) is 2. The van der Waals surface area contributed by atoms with Crippen molar-refractivity contribution in [2.24, 2.45) is 0 Å². The van der Waals surface area contributed by atoms with Crippen LogP contribution in [0.5, 0.6) is 0 Å². The summed E-state index contributed by atoms with van der Waals surface area (Å²) in [7, 11) is 0. The lowest BCUT2D eigenvalue weighted by atomic mass is 10.1. The average Bonchev–Trinajstić information content (AvgIpc) is 3.07. The number of aromatic nitrogens is 3. The molecule has 23 heavy (non-hydrogen) atoms. The second-order valence-corrected chi connectivity index (χ2v) is 5.85. The van der Waals surface area contributed by atoms with E-state index < -0.39 is 0 Å². The van der Waals surface area contributed by atoms with Crippen molar-refractivity contribution in [1.29, 1.82) is 0 Å². The molecule has 0 saturated carbocycles. The summed E-state index contributed by atoms with van der Waals surface area (Å²) in [5, 5.41) is 6.34. The van der Waals surface area contributed by atoms with Crippen LogP contribution in [0.15, 0.2) is 67.0 Å². The Morgan fingerprint density at radius 2 is 1.83 bits per heavy atom. The molecule has 2 aromatic carbocycles. The SMILES string of the molecule is Cc1c(Cl)cccc1-n1cc(-c2ccc3ccccc3n2)cn1. The zero-order chi connectivity index (χ0) is 15.8. The van der Waals surface area contributed by atoms with Gasteiger partial charge >= 0.3 is 0 Å². The molecule has 0 aliphatic carbocycles. The van der Waals surface area contributed by atoms with Crippen LogP contribution < -0.4 is 0 Å². The monoisotopic (exact) mass is 319 g/mol. The van der Waals surface area contributed by atoms with E-state index in [-0.39, 0.29) is 0 Å². The predicted molar refractivity (Wildman–Crippen MR) is 94.0 cm³/mol. The molecular formula is C19H14ClN3. The fourth-order valence-corrected chi connectivity index (χ4v) is 2.83. The number of pyridine rings is 1. The van der Waals surface area contributed by atoms with Crippen molar-refractivity contribution in [1.82, 2.24) is 14.8 Å². The third kappa shape index (κ3) is 2.49. The summed E-state index contributed by atoms with van der Waals surface area (Å²) in [5.41, 5.74) is 4.86. The summed E-state index contributed by atoms with van der Waals surface area (Å²) >= 11 is 6.20. The van der Waals surface area contributed by atoms with Crippen molar-refractivity contribution < 1.29 is 0 Å². The highest BCUT2D eigenvalue weighted by atomic mass is 35.5. The number of halogens is 1. The molecule has 0 unspecified atom stereocenters. The Hall–Kier alpha value is -2.65. The van der Waals surface area contributed by atoms with Gasteiger partial charge in [-0.1, -0.05) is 41.9 Å². The molecule has 0 aliphatic heterocycles. The zero-order valence-electron chi connectivity index (χ0n) is 12.6. The Balaban J connectivity index is 1.78. The normalized spacial score (nSPS) is 11.0. The highest BCUT2D eigenvalue weighted by molar-refractivity contribution is 6.31. The molecule has 0 atom stereocenters. The second kappa shape index (κ2) is 5.52. The Kier molecular flexibility index (Phi) is 3.36. The number of fused-ring (bicyclic) bond motifs is 1. The first-order chi connectivity index (χ1) is 11.2. The van der Waals surface area contributed by atoms with Gasteiger partial charge in [0.05, 0.1) is 23.1 Å². The quantitative estimate of drug-likeness (QED) is 0.517. The highest BCUT2D eigenvalue weighted by Gasteiger charge is 2.08. The van der Waals surface area contributed by atoms with Gasteiger partial charge in [0.25, 0.3) is 0 Å². The second-order valence-electron chi connectivity index (χ2n) is 5.45. The molecule has 0 saturated heterocycles. The van der Waals surface area contributed by atoms with Gasteiger partial charge in [0.15, 0.2) is 0 Å². The number of rotatable bonds is 2. The van der Waals surface area contributed by atoms with Gasteiger partial charge in [-0.15, -0.1) is 0 Å². The number of para-hydroxylation sites is 1. The van der Waals surface area contributed by atoms with E-state index in [4.69, 9.17) is 16.6 Å². The maximum atomic E-state index is 6.20. The Morgan fingerprint density at radius 1 is 0.957 bits per heavy atom. The smallest absolute Gasteiger partial charge is 0.0741 e. The fourth-order valence-electron chi connectivity index (χ4n) is 2.66. The molecule has 2 heterocycles. The number of nitrogens with zero attached hydrogens (tertiary/aromatic N) is 3. The van der Waals surface area contributed by atoms with Crippen LogP contribution in [0.4, 0.5) is 0 Å². The molecule has 2 aromatic heterocycles. The molecule has 4 aromatic rings. The Bertz CT molecular complexity index is 1000. The molecule has 0 N–H and O–H groups in total. The van der Waals surface area contributed by atoms with Crippen molar-refractivity contribution in [2.45, 2.75) is 6.92 Å². The summed E-state index contributed by atoms with van der Waals surface area (Å²) in [6, 6.07) is 18.0. The Labute approximate surface area is 139 Å². The zero-order valence-corrected chi connectivity index (χ0v) is 13.3. The van der Waals surface area contributed by atoms with Gasteiger partial charge in [-0.2, -0.15) is 5.10 Å². The van der Waals surface area contributed by atoms with Gasteiger partial charge in [-0.05, 0) is 36.8 Å². The lowest BCUT2D eigenvalue weighted by Gasteiger charge is -2.06. The molecular weight excluding hydrogens is 306 g/mol. The molecule has 0 fully saturated rings. The van der Waals surface area contributed by atoms with Crippen LogP contribution in [-0.4, -0.2) is 14.8 Å². The third-order valence-corrected chi connectivity index (χ3v) is 4.37. The first kappa shape index (κ1) is 14.0. The predicted octanol–water partition coefficient (Wildman–Crippen LogP) is 5.05. The largest absolute Gasteiger partial charge is 0.248 e.